The first-order valence-electron chi connectivity index (χ1n) is 21.8. The standard InChI is InChI=1S/C22H36N2O5.C13H23NO4.C9H15NO2.ClH/c1-21(2,3)29-20(27)23-16(13-10-8-7-9-11-13)18(25)24-12-14-15(22(14,4)5)17(24)19(26)28-6;1-13(2,3)18-12(17)14-10(11(15)16)9-7-5-4-6-8-9;1-9(2)5-4-10-7(6(5)9)8(11)12-3;/h13-17H,7-12H2,1-6H3,(H,23,27);9-10H,4-8H2,1-3H3,(H,14,17)(H,15,16);5-7,10H,4H2,1-3H3;1H/t14?,15?,16-,17-;10-;5?,6?,7-;/m000./s1. The second kappa shape index (κ2) is 20.2. The predicted molar refractivity (Wildman–Crippen MR) is 227 cm³/mol. The molecule has 4 saturated carbocycles. The topological polar surface area (TPSA) is 199 Å². The molecule has 6 fully saturated rings. The average Bonchev–Trinajstić information content (AvgIpc) is 3.61. The van der Waals surface area contributed by atoms with Crippen molar-refractivity contribution in [1.82, 2.24) is 20.9 Å². The number of carboxylic acids is 1. The second-order valence-electron chi connectivity index (χ2n) is 20.7. The predicted octanol–water partition coefficient (Wildman–Crippen LogP) is 6.49. The minimum atomic E-state index is -0.979. The van der Waals surface area contributed by atoms with Crippen LogP contribution in [0.5, 0.6) is 0 Å². The zero-order valence-corrected chi connectivity index (χ0v) is 39.0. The Bertz CT molecular complexity index is 1530. The molecule has 344 valence electrons. The van der Waals surface area contributed by atoms with Crippen LogP contribution < -0.4 is 16.0 Å². The molecule has 2 aliphatic heterocycles. The molecule has 6 rings (SSSR count). The average molecular weight is 872 g/mol. The summed E-state index contributed by atoms with van der Waals surface area (Å²) in [6.07, 6.45) is 8.70. The molecule has 8 atom stereocenters. The Hall–Kier alpha value is -3.33. The number of alkyl carbamates (subject to hydrolysis) is 2. The lowest BCUT2D eigenvalue weighted by molar-refractivity contribution is -0.154. The van der Waals surface area contributed by atoms with Crippen molar-refractivity contribution < 1.29 is 52.8 Å². The van der Waals surface area contributed by atoms with Crippen LogP contribution in [-0.2, 0) is 38.1 Å². The second-order valence-corrected chi connectivity index (χ2v) is 20.7. The number of ether oxygens (including phenoxy) is 4. The Morgan fingerprint density at radius 2 is 1.10 bits per heavy atom. The lowest BCUT2D eigenvalue weighted by atomic mass is 9.83. The molecule has 15 nitrogen and oxygen atoms in total. The van der Waals surface area contributed by atoms with E-state index in [2.05, 4.69) is 43.6 Å². The van der Waals surface area contributed by atoms with Crippen LogP contribution in [0.25, 0.3) is 0 Å². The summed E-state index contributed by atoms with van der Waals surface area (Å²) in [5.74, 6) is 0.0527. The molecule has 4 aliphatic carbocycles. The van der Waals surface area contributed by atoms with Gasteiger partial charge >= 0.3 is 30.1 Å². The molecule has 3 amide bonds. The highest BCUT2D eigenvalue weighted by Gasteiger charge is 2.70. The fourth-order valence-electron chi connectivity index (χ4n) is 10.2. The summed E-state index contributed by atoms with van der Waals surface area (Å²) < 4.78 is 20.3. The number of halogens is 1. The molecule has 0 aromatic rings. The van der Waals surface area contributed by atoms with Crippen molar-refractivity contribution in [3.05, 3.63) is 0 Å². The van der Waals surface area contributed by atoms with E-state index in [0.717, 1.165) is 70.8 Å². The third-order valence-corrected chi connectivity index (χ3v) is 13.6. The number of carboxylic acid groups (broad SMARTS) is 1. The Kier molecular flexibility index (Phi) is 17.2. The lowest BCUT2D eigenvalue weighted by Gasteiger charge is -2.36. The number of fused-ring (bicyclic) bond motifs is 2. The van der Waals surface area contributed by atoms with Crippen molar-refractivity contribution in [1.29, 1.82) is 0 Å². The van der Waals surface area contributed by atoms with Gasteiger partial charge in [-0.05, 0) is 114 Å². The van der Waals surface area contributed by atoms with E-state index in [1.165, 1.54) is 14.2 Å². The summed E-state index contributed by atoms with van der Waals surface area (Å²) >= 11 is 0. The summed E-state index contributed by atoms with van der Waals surface area (Å²) in [5, 5.41) is 17.7. The van der Waals surface area contributed by atoms with Crippen LogP contribution in [0.1, 0.15) is 133 Å². The van der Waals surface area contributed by atoms with Crippen molar-refractivity contribution in [2.75, 3.05) is 27.3 Å². The zero-order chi connectivity index (χ0) is 44.2. The van der Waals surface area contributed by atoms with E-state index in [1.54, 1.807) is 46.4 Å². The number of nitrogens with zero attached hydrogens (tertiary/aromatic N) is 1. The Morgan fingerprint density at radius 1 is 0.667 bits per heavy atom. The molecule has 0 aromatic carbocycles. The molecule has 4 N–H and O–H groups in total. The number of hydrogen-bond donors (Lipinski definition) is 4. The first kappa shape index (κ1) is 51.0. The van der Waals surface area contributed by atoms with Crippen LogP contribution in [0.2, 0.25) is 0 Å². The zero-order valence-electron chi connectivity index (χ0n) is 38.1. The summed E-state index contributed by atoms with van der Waals surface area (Å²) in [6, 6.07) is -2.12. The van der Waals surface area contributed by atoms with Gasteiger partial charge in [-0.2, -0.15) is 0 Å². The van der Waals surface area contributed by atoms with Gasteiger partial charge in [-0.15, -0.1) is 12.4 Å². The number of nitrogens with one attached hydrogen (secondary N) is 3. The van der Waals surface area contributed by atoms with Crippen LogP contribution in [-0.4, -0.2) is 109 Å². The van der Waals surface area contributed by atoms with Crippen molar-refractivity contribution in [2.24, 2.45) is 46.3 Å². The number of amides is 3. The quantitative estimate of drug-likeness (QED) is 0.153. The maximum Gasteiger partial charge on any atom is 0.408 e. The van der Waals surface area contributed by atoms with Gasteiger partial charge in [0.25, 0.3) is 0 Å². The van der Waals surface area contributed by atoms with E-state index in [1.807, 2.05) is 0 Å². The van der Waals surface area contributed by atoms with E-state index in [0.29, 0.717) is 29.7 Å². The van der Waals surface area contributed by atoms with Gasteiger partial charge in [0.05, 0.1) is 14.2 Å². The summed E-state index contributed by atoms with van der Waals surface area (Å²) in [5.41, 5.74) is -0.865. The van der Waals surface area contributed by atoms with Crippen molar-refractivity contribution in [2.45, 2.75) is 169 Å². The number of esters is 2. The lowest BCUT2D eigenvalue weighted by Crippen LogP contribution is -2.57. The van der Waals surface area contributed by atoms with Crippen LogP contribution in [0.3, 0.4) is 0 Å². The molecule has 16 heteroatoms. The van der Waals surface area contributed by atoms with Crippen molar-refractivity contribution >= 4 is 48.4 Å². The number of hydrogen-bond acceptors (Lipinski definition) is 11. The van der Waals surface area contributed by atoms with Gasteiger partial charge in [0.2, 0.25) is 5.91 Å². The SMILES string of the molecule is CC(C)(C)OC(=O)N[C@H](C(=O)O)C1CCCCC1.COC(=O)[C@@H]1C2C(CN1C(=O)[C@@H](NC(=O)OC(C)(C)C)C1CCCCC1)C2(C)C.COC(=O)[C@H]1NCC2C1C2(C)C.Cl. The Morgan fingerprint density at radius 3 is 1.50 bits per heavy atom. The van der Waals surface area contributed by atoms with Gasteiger partial charge in [-0.3, -0.25) is 9.59 Å². The van der Waals surface area contributed by atoms with Gasteiger partial charge < -0.3 is 44.9 Å². The number of carbonyl (C=O) groups is 6. The van der Waals surface area contributed by atoms with Gasteiger partial charge in [0.15, 0.2) is 0 Å². The van der Waals surface area contributed by atoms with Crippen LogP contribution in [0, 0.1) is 46.3 Å². The van der Waals surface area contributed by atoms with Crippen LogP contribution >= 0.6 is 12.4 Å². The van der Waals surface area contributed by atoms with Crippen LogP contribution in [0.15, 0.2) is 0 Å². The van der Waals surface area contributed by atoms with E-state index in [-0.39, 0.29) is 59.5 Å². The molecule has 60 heavy (non-hydrogen) atoms. The molecule has 0 radical (unpaired) electrons. The summed E-state index contributed by atoms with van der Waals surface area (Å²) in [4.78, 5) is 74.4. The number of likely N-dealkylation sites (tertiary alicyclic amines) is 1. The van der Waals surface area contributed by atoms with E-state index in [9.17, 15) is 33.9 Å². The van der Waals surface area contributed by atoms with Crippen molar-refractivity contribution in [3.8, 4) is 0 Å². The van der Waals surface area contributed by atoms with Gasteiger partial charge in [-0.25, -0.2) is 19.2 Å². The first-order chi connectivity index (χ1) is 27.3. The van der Waals surface area contributed by atoms with E-state index in [4.69, 9.17) is 18.9 Å². The molecule has 2 heterocycles. The summed E-state index contributed by atoms with van der Waals surface area (Å²) in [7, 11) is 2.82. The molecule has 6 aliphatic rings. The highest BCUT2D eigenvalue weighted by molar-refractivity contribution is 5.91. The minimum Gasteiger partial charge on any atom is -0.480 e. The number of carbonyl (C=O) groups excluding carboxylic acids is 5. The smallest absolute Gasteiger partial charge is 0.408 e. The maximum absolute atomic E-state index is 13.6. The minimum absolute atomic E-state index is 0. The Balaban J connectivity index is 0.000000263. The van der Waals surface area contributed by atoms with E-state index >= 15 is 0 Å². The Labute approximate surface area is 363 Å². The van der Waals surface area contributed by atoms with Gasteiger partial charge in [0.1, 0.15) is 35.4 Å². The largest absolute Gasteiger partial charge is 0.480 e. The molecule has 0 aromatic heterocycles. The van der Waals surface area contributed by atoms with Gasteiger partial charge in [0, 0.05) is 12.5 Å². The number of rotatable bonds is 8. The third-order valence-electron chi connectivity index (χ3n) is 13.6. The highest BCUT2D eigenvalue weighted by atomic mass is 35.5. The molecule has 0 spiro atoms. The van der Waals surface area contributed by atoms with Gasteiger partial charge in [-0.1, -0.05) is 66.2 Å². The maximum atomic E-state index is 13.6. The van der Waals surface area contributed by atoms with E-state index < -0.39 is 47.5 Å². The highest BCUT2D eigenvalue weighted by Crippen LogP contribution is 2.65. The summed E-state index contributed by atoms with van der Waals surface area (Å²) in [6.45, 7) is 20.9. The van der Waals surface area contributed by atoms with Crippen molar-refractivity contribution in [3.63, 3.8) is 0 Å². The molecular weight excluding hydrogens is 796 g/mol. The molecule has 0 bridgehead atoms. The number of aliphatic carboxylic acids is 1. The normalized spacial score (nSPS) is 28.4. The third kappa shape index (κ3) is 12.6. The monoisotopic (exact) mass is 871 g/mol. The fourth-order valence-corrected chi connectivity index (χ4v) is 10.2. The molecule has 2 saturated heterocycles. The molecular formula is C44H75ClN4O11. The van der Waals surface area contributed by atoms with Crippen LogP contribution in [0.4, 0.5) is 9.59 Å². The molecule has 4 unspecified atom stereocenters. The number of piperidine rings is 2. The first-order valence-corrected chi connectivity index (χ1v) is 21.8. The number of methoxy groups -OCH3 is 2. The fraction of sp³-hybridized carbons (Fsp3) is 0.864.